The van der Waals surface area contributed by atoms with E-state index in [-0.39, 0.29) is 6.04 Å². The summed E-state index contributed by atoms with van der Waals surface area (Å²) in [5.41, 5.74) is 2.32. The summed E-state index contributed by atoms with van der Waals surface area (Å²) >= 11 is 0. The maximum absolute atomic E-state index is 13.2. The van der Waals surface area contributed by atoms with Crippen LogP contribution in [0.3, 0.4) is 0 Å². The lowest BCUT2D eigenvalue weighted by Crippen LogP contribution is -2.32. The molecule has 2 aromatic carbocycles. The summed E-state index contributed by atoms with van der Waals surface area (Å²) in [5, 5.41) is 5.47. The topological polar surface area (TPSA) is 69.8 Å². The second-order valence-electron chi connectivity index (χ2n) is 5.62. The summed E-state index contributed by atoms with van der Waals surface area (Å²) in [6.07, 6.45) is 2.41. The maximum Gasteiger partial charge on any atom is 0.319 e. The van der Waals surface area contributed by atoms with Gasteiger partial charge in [-0.3, -0.25) is 0 Å². The van der Waals surface area contributed by atoms with E-state index < -0.39 is 11.8 Å². The fraction of sp³-hybridized carbons (Fsp3) is 0.158. The molecule has 0 radical (unpaired) electrons. The van der Waals surface area contributed by atoms with E-state index in [1.807, 2.05) is 37.3 Å². The van der Waals surface area contributed by atoms with Gasteiger partial charge in [0.25, 0.3) is 0 Å². The first-order valence-corrected chi connectivity index (χ1v) is 8.09. The lowest BCUT2D eigenvalue weighted by Gasteiger charge is -2.15. The third-order valence-corrected chi connectivity index (χ3v) is 3.81. The number of H-pyrrole nitrogens is 1. The molecule has 0 aliphatic heterocycles. The molecule has 0 saturated carbocycles. The summed E-state index contributed by atoms with van der Waals surface area (Å²) in [6, 6.07) is 14.9. The van der Waals surface area contributed by atoms with Crippen LogP contribution < -0.4 is 10.6 Å². The highest BCUT2D eigenvalue weighted by Crippen LogP contribution is 2.20. The number of aromatic nitrogens is 2. The summed E-state index contributed by atoms with van der Waals surface area (Å²) in [7, 11) is 0. The highest BCUT2D eigenvalue weighted by atomic mass is 19.1. The summed E-state index contributed by atoms with van der Waals surface area (Å²) < 4.78 is 13.2. The number of nitrogens with one attached hydrogen (secondary N) is 3. The number of rotatable bonds is 5. The van der Waals surface area contributed by atoms with Gasteiger partial charge in [0.1, 0.15) is 11.6 Å². The van der Waals surface area contributed by atoms with Crippen molar-refractivity contribution in [2.24, 2.45) is 0 Å². The first kappa shape index (κ1) is 16.7. The summed E-state index contributed by atoms with van der Waals surface area (Å²) in [6.45, 7) is 1.96. The van der Waals surface area contributed by atoms with Gasteiger partial charge in [-0.05, 0) is 30.2 Å². The molecule has 0 bridgehead atoms. The first-order chi connectivity index (χ1) is 12.2. The van der Waals surface area contributed by atoms with Crippen molar-refractivity contribution in [3.05, 3.63) is 72.4 Å². The van der Waals surface area contributed by atoms with E-state index in [1.165, 1.54) is 12.1 Å². The number of anilines is 1. The number of amides is 2. The Morgan fingerprint density at radius 2 is 2.00 bits per heavy atom. The first-order valence-electron chi connectivity index (χ1n) is 8.09. The molecule has 1 unspecified atom stereocenters. The van der Waals surface area contributed by atoms with Gasteiger partial charge in [0.2, 0.25) is 0 Å². The van der Waals surface area contributed by atoms with E-state index in [1.54, 1.807) is 18.3 Å². The van der Waals surface area contributed by atoms with Crippen LogP contribution in [0.1, 0.15) is 25.2 Å². The Hall–Kier alpha value is -3.15. The Morgan fingerprint density at radius 1 is 1.20 bits per heavy atom. The van der Waals surface area contributed by atoms with Crippen LogP contribution in [0.2, 0.25) is 0 Å². The Bertz CT molecular complexity index is 847. The third kappa shape index (κ3) is 4.23. The monoisotopic (exact) mass is 338 g/mol. The molecule has 25 heavy (non-hydrogen) atoms. The molecule has 0 fully saturated rings. The fourth-order valence-electron chi connectivity index (χ4n) is 2.53. The normalized spacial score (nSPS) is 11.8. The number of aromatic amines is 1. The molecule has 3 rings (SSSR count). The second kappa shape index (κ2) is 7.61. The quantitative estimate of drug-likeness (QED) is 0.641. The number of imidazole rings is 1. The van der Waals surface area contributed by atoms with Crippen LogP contribution in [0.4, 0.5) is 14.9 Å². The second-order valence-corrected chi connectivity index (χ2v) is 5.62. The molecular weight excluding hydrogens is 319 g/mol. The predicted molar refractivity (Wildman–Crippen MR) is 95.6 cm³/mol. The average Bonchev–Trinajstić information content (AvgIpc) is 3.10. The fourth-order valence-corrected chi connectivity index (χ4v) is 2.53. The number of hydrogen-bond acceptors (Lipinski definition) is 2. The van der Waals surface area contributed by atoms with Crippen molar-refractivity contribution in [3.8, 4) is 11.3 Å². The van der Waals surface area contributed by atoms with Gasteiger partial charge in [0, 0.05) is 5.69 Å². The SMILES string of the molecule is CCC(NC(=O)Nc1cccc(F)c1)c1ncc(-c2ccccc2)[nH]1. The van der Waals surface area contributed by atoms with E-state index >= 15 is 0 Å². The molecule has 0 saturated heterocycles. The highest BCUT2D eigenvalue weighted by Gasteiger charge is 2.16. The molecule has 2 amide bonds. The van der Waals surface area contributed by atoms with Gasteiger partial charge in [-0.15, -0.1) is 0 Å². The van der Waals surface area contributed by atoms with Gasteiger partial charge in [-0.25, -0.2) is 14.2 Å². The number of urea groups is 1. The largest absolute Gasteiger partial charge is 0.340 e. The zero-order valence-corrected chi connectivity index (χ0v) is 13.8. The maximum atomic E-state index is 13.2. The minimum Gasteiger partial charge on any atom is -0.340 e. The Morgan fingerprint density at radius 3 is 2.72 bits per heavy atom. The number of carbonyl (C=O) groups is 1. The zero-order valence-electron chi connectivity index (χ0n) is 13.8. The van der Waals surface area contributed by atoms with Gasteiger partial charge in [0.15, 0.2) is 0 Å². The lowest BCUT2D eigenvalue weighted by molar-refractivity contribution is 0.247. The van der Waals surface area contributed by atoms with Crippen LogP contribution >= 0.6 is 0 Å². The number of benzene rings is 2. The number of nitrogens with zero attached hydrogens (tertiary/aromatic N) is 1. The third-order valence-electron chi connectivity index (χ3n) is 3.81. The van der Waals surface area contributed by atoms with Gasteiger partial charge < -0.3 is 15.6 Å². The van der Waals surface area contributed by atoms with Crippen LogP contribution in [0.15, 0.2) is 60.8 Å². The van der Waals surface area contributed by atoms with E-state index in [2.05, 4.69) is 20.6 Å². The number of carbonyl (C=O) groups excluding carboxylic acids is 1. The van der Waals surface area contributed by atoms with Crippen molar-refractivity contribution in [3.63, 3.8) is 0 Å². The van der Waals surface area contributed by atoms with E-state index in [9.17, 15) is 9.18 Å². The number of hydrogen-bond donors (Lipinski definition) is 3. The minimum absolute atomic E-state index is 0.272. The van der Waals surface area contributed by atoms with E-state index in [0.29, 0.717) is 17.9 Å². The van der Waals surface area contributed by atoms with Crippen LogP contribution in [0.5, 0.6) is 0 Å². The molecule has 1 atom stereocenters. The Labute approximate surface area is 145 Å². The molecule has 1 heterocycles. The molecule has 3 N–H and O–H groups in total. The summed E-state index contributed by atoms with van der Waals surface area (Å²) in [4.78, 5) is 19.8. The molecule has 128 valence electrons. The van der Waals surface area contributed by atoms with Crippen LogP contribution in [0, 0.1) is 5.82 Å². The molecule has 0 aliphatic carbocycles. The van der Waals surface area contributed by atoms with Crippen molar-refractivity contribution < 1.29 is 9.18 Å². The van der Waals surface area contributed by atoms with Crippen LogP contribution in [0.25, 0.3) is 11.3 Å². The van der Waals surface area contributed by atoms with E-state index in [0.717, 1.165) is 11.3 Å². The number of halogens is 1. The molecular formula is C19H19FN4O. The average molecular weight is 338 g/mol. The summed E-state index contributed by atoms with van der Waals surface area (Å²) in [5.74, 6) is 0.277. The van der Waals surface area contributed by atoms with Crippen molar-refractivity contribution in [1.82, 2.24) is 15.3 Å². The van der Waals surface area contributed by atoms with Gasteiger partial charge in [-0.2, -0.15) is 0 Å². The smallest absolute Gasteiger partial charge is 0.319 e. The molecule has 3 aromatic rings. The zero-order chi connectivity index (χ0) is 17.6. The highest BCUT2D eigenvalue weighted by molar-refractivity contribution is 5.89. The molecule has 1 aromatic heterocycles. The van der Waals surface area contributed by atoms with Gasteiger partial charge in [0.05, 0.1) is 17.9 Å². The van der Waals surface area contributed by atoms with Gasteiger partial charge in [-0.1, -0.05) is 43.3 Å². The molecule has 5 nitrogen and oxygen atoms in total. The Balaban J connectivity index is 1.68. The lowest BCUT2D eigenvalue weighted by atomic mass is 10.2. The standard InChI is InChI=1S/C19H19FN4O/c1-2-16(24-19(25)22-15-10-6-9-14(20)11-15)18-21-12-17(23-18)13-7-4-3-5-8-13/h3-12,16H,2H2,1H3,(H,21,23)(H2,22,24,25). The van der Waals surface area contributed by atoms with Crippen molar-refractivity contribution in [2.45, 2.75) is 19.4 Å². The van der Waals surface area contributed by atoms with Crippen LogP contribution in [-0.4, -0.2) is 16.0 Å². The van der Waals surface area contributed by atoms with Crippen LogP contribution in [-0.2, 0) is 0 Å². The van der Waals surface area contributed by atoms with Crippen molar-refractivity contribution >= 4 is 11.7 Å². The van der Waals surface area contributed by atoms with Crippen molar-refractivity contribution in [2.75, 3.05) is 5.32 Å². The molecule has 0 spiro atoms. The van der Waals surface area contributed by atoms with Gasteiger partial charge >= 0.3 is 6.03 Å². The van der Waals surface area contributed by atoms with Crippen molar-refractivity contribution in [1.29, 1.82) is 0 Å². The Kier molecular flexibility index (Phi) is 5.09. The predicted octanol–water partition coefficient (Wildman–Crippen LogP) is 4.49. The molecule has 0 aliphatic rings. The minimum atomic E-state index is -0.407. The van der Waals surface area contributed by atoms with E-state index in [4.69, 9.17) is 0 Å². The molecule has 6 heteroatoms.